The van der Waals surface area contributed by atoms with Gasteiger partial charge in [0.15, 0.2) is 0 Å². The van der Waals surface area contributed by atoms with Crippen molar-refractivity contribution in [1.82, 2.24) is 14.9 Å². The monoisotopic (exact) mass is 395 g/mol. The van der Waals surface area contributed by atoms with Crippen molar-refractivity contribution in [1.29, 1.82) is 0 Å². The average Bonchev–Trinajstić information content (AvgIpc) is 2.58. The fraction of sp³-hybridized carbons (Fsp3) is 0.667. The zero-order chi connectivity index (χ0) is 20.4. The molecular formula is C18H26ClN5O3. The lowest BCUT2D eigenvalue weighted by Gasteiger charge is -2.39. The number of carbonyl (C=O) groups is 1. The van der Waals surface area contributed by atoms with Crippen LogP contribution in [0.15, 0.2) is 4.79 Å². The third kappa shape index (κ3) is 5.13. The minimum Gasteiger partial charge on any atom is -0.444 e. The van der Waals surface area contributed by atoms with Crippen LogP contribution in [0.5, 0.6) is 0 Å². The molecule has 27 heavy (non-hydrogen) atoms. The predicted octanol–water partition coefficient (Wildman–Crippen LogP) is 3.12. The summed E-state index contributed by atoms with van der Waals surface area (Å²) in [5, 5.41) is 2.69. The molecule has 1 saturated heterocycles. The van der Waals surface area contributed by atoms with Crippen molar-refractivity contribution < 1.29 is 9.53 Å². The van der Waals surface area contributed by atoms with Gasteiger partial charge in [-0.05, 0) is 39.0 Å². The number of nitrogens with zero attached hydrogens (tertiary/aromatic N) is 4. The summed E-state index contributed by atoms with van der Waals surface area (Å²) < 4.78 is 6.65. The molecule has 1 aliphatic heterocycles. The Morgan fingerprint density at radius 2 is 2.00 bits per heavy atom. The van der Waals surface area contributed by atoms with Crippen molar-refractivity contribution in [2.45, 2.75) is 46.1 Å². The lowest BCUT2D eigenvalue weighted by molar-refractivity contribution is 0.0495. The Kier molecular flexibility index (Phi) is 6.05. The van der Waals surface area contributed by atoms with Crippen molar-refractivity contribution in [3.63, 3.8) is 0 Å². The third-order valence-electron chi connectivity index (χ3n) is 4.61. The highest BCUT2D eigenvalue weighted by Gasteiger charge is 2.33. The van der Waals surface area contributed by atoms with Gasteiger partial charge in [0, 0.05) is 26.7 Å². The van der Waals surface area contributed by atoms with Crippen molar-refractivity contribution >= 4 is 29.5 Å². The summed E-state index contributed by atoms with van der Waals surface area (Å²) in [5.41, 5.74) is -1.03. The van der Waals surface area contributed by atoms with E-state index in [0.29, 0.717) is 25.6 Å². The highest BCUT2D eigenvalue weighted by atomic mass is 35.5. The lowest BCUT2D eigenvalue weighted by atomic mass is 9.80. The van der Waals surface area contributed by atoms with Gasteiger partial charge in [-0.3, -0.25) is 9.36 Å². The second-order valence-electron chi connectivity index (χ2n) is 8.18. The first kappa shape index (κ1) is 21.0. The van der Waals surface area contributed by atoms with Crippen LogP contribution in [-0.2, 0) is 11.8 Å². The van der Waals surface area contributed by atoms with Crippen LogP contribution in [0.1, 0.15) is 40.5 Å². The van der Waals surface area contributed by atoms with Crippen molar-refractivity contribution in [3.05, 3.63) is 26.8 Å². The standard InChI is InChI=1S/C18H26ClN5O3/c1-17(2,3)27-16(26)21-11-18(4)7-9-24(10-8-18)15-22-13(20-5)12(19)14(25)23(15)6/h7-11H2,1-4,6H3,(H,21,26). The summed E-state index contributed by atoms with van der Waals surface area (Å²) in [4.78, 5) is 33.5. The Labute approximate surface area is 164 Å². The topological polar surface area (TPSA) is 80.8 Å². The number of carbonyl (C=O) groups excluding carboxylic acids is 1. The maximum atomic E-state index is 12.2. The minimum atomic E-state index is -0.528. The van der Waals surface area contributed by atoms with Gasteiger partial charge in [0.1, 0.15) is 10.6 Å². The minimum absolute atomic E-state index is 0.0744. The van der Waals surface area contributed by atoms with Crippen LogP contribution < -0.4 is 15.8 Å². The summed E-state index contributed by atoms with van der Waals surface area (Å²) in [6.07, 6.45) is 1.18. The molecule has 0 spiro atoms. The number of amides is 1. The van der Waals surface area contributed by atoms with E-state index in [1.165, 1.54) is 4.57 Å². The molecule has 1 fully saturated rings. The Morgan fingerprint density at radius 1 is 1.41 bits per heavy atom. The average molecular weight is 396 g/mol. The SMILES string of the molecule is [C-]#[N+]c1nc(N2CCC(C)(CNC(=O)OC(C)(C)C)CC2)n(C)c(=O)c1Cl. The molecule has 2 rings (SSSR count). The molecular weight excluding hydrogens is 370 g/mol. The molecule has 9 heteroatoms. The quantitative estimate of drug-likeness (QED) is 0.795. The van der Waals surface area contributed by atoms with E-state index in [4.69, 9.17) is 22.9 Å². The van der Waals surface area contributed by atoms with E-state index < -0.39 is 17.3 Å². The van der Waals surface area contributed by atoms with Gasteiger partial charge in [-0.25, -0.2) is 4.79 Å². The predicted molar refractivity (Wildman–Crippen MR) is 105 cm³/mol. The summed E-state index contributed by atoms with van der Waals surface area (Å²) in [5.74, 6) is 0.368. The van der Waals surface area contributed by atoms with Gasteiger partial charge in [0.05, 0.1) is 0 Å². The molecule has 0 aromatic carbocycles. The molecule has 1 N–H and O–H groups in total. The van der Waals surface area contributed by atoms with Gasteiger partial charge >= 0.3 is 12.0 Å². The van der Waals surface area contributed by atoms with Crippen LogP contribution in [-0.4, -0.2) is 40.9 Å². The number of hydrogen-bond donors (Lipinski definition) is 1. The lowest BCUT2D eigenvalue weighted by Crippen LogP contribution is -2.47. The van der Waals surface area contributed by atoms with Crippen LogP contribution in [0, 0.1) is 12.0 Å². The molecule has 1 aliphatic rings. The summed E-state index contributed by atoms with van der Waals surface area (Å²) in [6, 6.07) is 0. The Morgan fingerprint density at radius 3 is 2.52 bits per heavy atom. The summed E-state index contributed by atoms with van der Waals surface area (Å²) in [7, 11) is 1.60. The Balaban J connectivity index is 2.03. The molecule has 2 heterocycles. The molecule has 0 bridgehead atoms. The Bertz CT molecular complexity index is 814. The van der Waals surface area contributed by atoms with Gasteiger partial charge in [0.25, 0.3) is 11.4 Å². The number of anilines is 1. The van der Waals surface area contributed by atoms with Crippen molar-refractivity contribution in [2.75, 3.05) is 24.5 Å². The molecule has 148 valence electrons. The molecule has 8 nitrogen and oxygen atoms in total. The van der Waals surface area contributed by atoms with E-state index in [2.05, 4.69) is 22.1 Å². The molecule has 1 aromatic rings. The van der Waals surface area contributed by atoms with Crippen molar-refractivity contribution in [3.8, 4) is 0 Å². The molecule has 0 radical (unpaired) electrons. The van der Waals surface area contributed by atoms with Crippen LogP contribution in [0.3, 0.4) is 0 Å². The van der Waals surface area contributed by atoms with Gasteiger partial charge in [-0.2, -0.15) is 0 Å². The molecule has 0 saturated carbocycles. The zero-order valence-corrected chi connectivity index (χ0v) is 17.2. The van der Waals surface area contributed by atoms with Gasteiger partial charge in [-0.15, -0.1) is 0 Å². The molecule has 0 atom stereocenters. The Hall–Kier alpha value is -2.27. The fourth-order valence-electron chi connectivity index (χ4n) is 2.93. The number of rotatable bonds is 3. The van der Waals surface area contributed by atoms with Crippen LogP contribution in [0.25, 0.3) is 4.85 Å². The largest absolute Gasteiger partial charge is 0.444 e. The van der Waals surface area contributed by atoms with E-state index >= 15 is 0 Å². The second kappa shape index (κ2) is 7.77. The van der Waals surface area contributed by atoms with Gasteiger partial charge < -0.3 is 19.8 Å². The smallest absolute Gasteiger partial charge is 0.407 e. The van der Waals surface area contributed by atoms with E-state index in [0.717, 1.165) is 12.8 Å². The first-order valence-electron chi connectivity index (χ1n) is 8.81. The molecule has 1 amide bonds. The zero-order valence-electron chi connectivity index (χ0n) is 16.4. The van der Waals surface area contributed by atoms with Gasteiger partial charge in [0.2, 0.25) is 0 Å². The maximum Gasteiger partial charge on any atom is 0.407 e. The fourth-order valence-corrected chi connectivity index (χ4v) is 3.14. The van der Waals surface area contributed by atoms with Crippen molar-refractivity contribution in [2.24, 2.45) is 12.5 Å². The summed E-state index contributed by atoms with van der Waals surface area (Å²) in [6.45, 7) is 16.6. The van der Waals surface area contributed by atoms with Crippen LogP contribution in [0.4, 0.5) is 16.6 Å². The molecule has 0 unspecified atom stereocenters. The summed E-state index contributed by atoms with van der Waals surface area (Å²) >= 11 is 5.89. The maximum absolute atomic E-state index is 12.2. The van der Waals surface area contributed by atoms with E-state index in [9.17, 15) is 9.59 Å². The normalized spacial score (nSPS) is 16.6. The highest BCUT2D eigenvalue weighted by molar-refractivity contribution is 6.32. The first-order chi connectivity index (χ1) is 12.5. The van der Waals surface area contributed by atoms with Crippen LogP contribution >= 0.6 is 11.6 Å². The first-order valence-corrected chi connectivity index (χ1v) is 9.19. The van der Waals surface area contributed by atoms with Crippen LogP contribution in [0.2, 0.25) is 5.02 Å². The number of nitrogens with one attached hydrogen (secondary N) is 1. The third-order valence-corrected chi connectivity index (χ3v) is 4.94. The number of ether oxygens (including phenoxy) is 1. The number of piperidine rings is 1. The van der Waals surface area contributed by atoms with E-state index in [1.807, 2.05) is 25.7 Å². The number of halogens is 1. The number of aromatic nitrogens is 2. The number of alkyl carbamates (subject to hydrolysis) is 1. The van der Waals surface area contributed by atoms with E-state index in [1.54, 1.807) is 7.05 Å². The van der Waals surface area contributed by atoms with E-state index in [-0.39, 0.29) is 16.3 Å². The van der Waals surface area contributed by atoms with Gasteiger partial charge in [-0.1, -0.05) is 30.1 Å². The molecule has 1 aromatic heterocycles. The second-order valence-corrected chi connectivity index (χ2v) is 8.56. The highest BCUT2D eigenvalue weighted by Crippen LogP contribution is 2.32. The molecule has 0 aliphatic carbocycles. The number of hydrogen-bond acceptors (Lipinski definition) is 5.